The third-order valence-electron chi connectivity index (χ3n) is 3.28. The van der Waals surface area contributed by atoms with Crippen molar-refractivity contribution in [3.8, 4) is 5.75 Å². The molecule has 1 atom stereocenters. The van der Waals surface area contributed by atoms with E-state index in [0.29, 0.717) is 11.3 Å². The zero-order chi connectivity index (χ0) is 14.5. The van der Waals surface area contributed by atoms with Gasteiger partial charge in [0.1, 0.15) is 5.75 Å². The van der Waals surface area contributed by atoms with E-state index in [9.17, 15) is 4.79 Å². The normalized spacial score (nSPS) is 11.8. The molecule has 2 rings (SSSR count). The molecule has 104 valence electrons. The fourth-order valence-electron chi connectivity index (χ4n) is 2.05. The van der Waals surface area contributed by atoms with E-state index in [1.807, 2.05) is 50.2 Å². The molecule has 1 unspecified atom stereocenters. The molecule has 0 saturated carbocycles. The number of carbonyl (C=O) groups excluding carboxylic acids is 1. The van der Waals surface area contributed by atoms with Gasteiger partial charge in [0.15, 0.2) is 0 Å². The van der Waals surface area contributed by atoms with Crippen molar-refractivity contribution in [1.82, 2.24) is 5.32 Å². The summed E-state index contributed by atoms with van der Waals surface area (Å²) < 4.78 is 5.21. The molecule has 0 spiro atoms. The van der Waals surface area contributed by atoms with E-state index < -0.39 is 0 Å². The van der Waals surface area contributed by atoms with Crippen molar-refractivity contribution in [2.24, 2.45) is 0 Å². The van der Waals surface area contributed by atoms with Gasteiger partial charge in [-0.05, 0) is 31.5 Å². The van der Waals surface area contributed by atoms with Crippen molar-refractivity contribution in [2.45, 2.75) is 19.9 Å². The molecule has 1 amide bonds. The van der Waals surface area contributed by atoms with E-state index in [-0.39, 0.29) is 11.9 Å². The van der Waals surface area contributed by atoms with Gasteiger partial charge >= 0.3 is 0 Å². The lowest BCUT2D eigenvalue weighted by molar-refractivity contribution is 0.0937. The summed E-state index contributed by atoms with van der Waals surface area (Å²) in [7, 11) is 1.56. The number of hydrogen-bond donors (Lipinski definition) is 1. The largest absolute Gasteiger partial charge is 0.496 e. The van der Waals surface area contributed by atoms with E-state index in [1.54, 1.807) is 19.2 Å². The van der Waals surface area contributed by atoms with Crippen molar-refractivity contribution in [2.75, 3.05) is 7.11 Å². The predicted molar refractivity (Wildman–Crippen MR) is 80.1 cm³/mol. The van der Waals surface area contributed by atoms with Gasteiger partial charge in [0.2, 0.25) is 0 Å². The zero-order valence-electron chi connectivity index (χ0n) is 12.0. The lowest BCUT2D eigenvalue weighted by Gasteiger charge is -2.16. The summed E-state index contributed by atoms with van der Waals surface area (Å²) in [6.45, 7) is 4.01. The Hall–Kier alpha value is -2.29. The third-order valence-corrected chi connectivity index (χ3v) is 3.28. The molecule has 0 radical (unpaired) electrons. The Morgan fingerprint density at radius 3 is 2.40 bits per heavy atom. The highest BCUT2D eigenvalue weighted by atomic mass is 16.5. The average molecular weight is 269 g/mol. The first kappa shape index (κ1) is 14.1. The number of nitrogens with one attached hydrogen (secondary N) is 1. The molecule has 0 saturated heterocycles. The number of rotatable bonds is 4. The molecule has 0 aliphatic heterocycles. The molecule has 2 aromatic carbocycles. The zero-order valence-corrected chi connectivity index (χ0v) is 12.0. The highest BCUT2D eigenvalue weighted by Gasteiger charge is 2.14. The van der Waals surface area contributed by atoms with Gasteiger partial charge in [-0.25, -0.2) is 0 Å². The summed E-state index contributed by atoms with van der Waals surface area (Å²) in [5.41, 5.74) is 2.84. The van der Waals surface area contributed by atoms with Crippen molar-refractivity contribution < 1.29 is 9.53 Å². The van der Waals surface area contributed by atoms with Gasteiger partial charge in [-0.15, -0.1) is 0 Å². The Balaban J connectivity index is 2.13. The second-order valence-electron chi connectivity index (χ2n) is 4.81. The van der Waals surface area contributed by atoms with Crippen molar-refractivity contribution in [1.29, 1.82) is 0 Å². The lowest BCUT2D eigenvalue weighted by atomic mass is 10.1. The molecule has 1 N–H and O–H groups in total. The Kier molecular flexibility index (Phi) is 4.41. The molecule has 3 nitrogen and oxygen atoms in total. The SMILES string of the molecule is COc1ccccc1C(=O)NC(C)c1ccc(C)cc1. The topological polar surface area (TPSA) is 38.3 Å². The molecule has 3 heteroatoms. The number of amides is 1. The molecule has 0 aliphatic rings. The van der Waals surface area contributed by atoms with Crippen LogP contribution < -0.4 is 10.1 Å². The Morgan fingerprint density at radius 1 is 1.10 bits per heavy atom. The van der Waals surface area contributed by atoms with Crippen molar-refractivity contribution in [3.05, 3.63) is 65.2 Å². The minimum atomic E-state index is -0.129. The smallest absolute Gasteiger partial charge is 0.255 e. The lowest BCUT2D eigenvalue weighted by Crippen LogP contribution is -2.27. The fourth-order valence-corrected chi connectivity index (χ4v) is 2.05. The van der Waals surface area contributed by atoms with Gasteiger partial charge in [0.25, 0.3) is 5.91 Å². The summed E-state index contributed by atoms with van der Waals surface area (Å²) in [4.78, 5) is 12.3. The second kappa shape index (κ2) is 6.24. The molecule has 20 heavy (non-hydrogen) atoms. The van der Waals surface area contributed by atoms with E-state index >= 15 is 0 Å². The van der Waals surface area contributed by atoms with Crippen LogP contribution in [0.5, 0.6) is 5.75 Å². The first-order valence-electron chi connectivity index (χ1n) is 6.62. The van der Waals surface area contributed by atoms with Gasteiger partial charge in [-0.1, -0.05) is 42.0 Å². The van der Waals surface area contributed by atoms with Crippen LogP contribution in [0.25, 0.3) is 0 Å². The van der Waals surface area contributed by atoms with Crippen LogP contribution in [0, 0.1) is 6.92 Å². The third kappa shape index (κ3) is 3.18. The first-order chi connectivity index (χ1) is 9.61. The number of aryl methyl sites for hydroxylation is 1. The van der Waals surface area contributed by atoms with Gasteiger partial charge < -0.3 is 10.1 Å². The van der Waals surface area contributed by atoms with Crippen LogP contribution in [-0.2, 0) is 0 Å². The number of carbonyl (C=O) groups is 1. The molecule has 0 aromatic heterocycles. The van der Waals surface area contributed by atoms with E-state index in [1.165, 1.54) is 5.56 Å². The van der Waals surface area contributed by atoms with Crippen molar-refractivity contribution in [3.63, 3.8) is 0 Å². The molecule has 0 heterocycles. The van der Waals surface area contributed by atoms with E-state index in [2.05, 4.69) is 5.32 Å². The average Bonchev–Trinajstić information content (AvgIpc) is 2.47. The molecule has 0 bridgehead atoms. The first-order valence-corrected chi connectivity index (χ1v) is 6.62. The maximum absolute atomic E-state index is 12.3. The number of hydrogen-bond acceptors (Lipinski definition) is 2. The van der Waals surface area contributed by atoms with Crippen LogP contribution in [0.1, 0.15) is 34.5 Å². The summed E-state index contributed by atoms with van der Waals surface area (Å²) in [6.07, 6.45) is 0. The minimum Gasteiger partial charge on any atom is -0.496 e. The maximum Gasteiger partial charge on any atom is 0.255 e. The van der Waals surface area contributed by atoms with Crippen LogP contribution in [0.4, 0.5) is 0 Å². The monoisotopic (exact) mass is 269 g/mol. The van der Waals surface area contributed by atoms with Crippen LogP contribution in [-0.4, -0.2) is 13.0 Å². The summed E-state index contributed by atoms with van der Waals surface area (Å²) in [5, 5.41) is 2.99. The predicted octanol–water partition coefficient (Wildman–Crippen LogP) is 3.49. The van der Waals surface area contributed by atoms with Gasteiger partial charge in [-0.3, -0.25) is 4.79 Å². The van der Waals surface area contributed by atoms with Crippen LogP contribution >= 0.6 is 0 Å². The number of benzene rings is 2. The van der Waals surface area contributed by atoms with E-state index in [0.717, 1.165) is 5.56 Å². The highest BCUT2D eigenvalue weighted by Crippen LogP contribution is 2.19. The van der Waals surface area contributed by atoms with Crippen LogP contribution in [0.2, 0.25) is 0 Å². The second-order valence-corrected chi connectivity index (χ2v) is 4.81. The van der Waals surface area contributed by atoms with E-state index in [4.69, 9.17) is 4.74 Å². The van der Waals surface area contributed by atoms with Crippen LogP contribution in [0.3, 0.4) is 0 Å². The molecule has 0 aliphatic carbocycles. The standard InChI is InChI=1S/C17H19NO2/c1-12-8-10-14(11-9-12)13(2)18-17(19)15-6-4-5-7-16(15)20-3/h4-11,13H,1-3H3,(H,18,19). The van der Waals surface area contributed by atoms with Crippen molar-refractivity contribution >= 4 is 5.91 Å². The molecule has 0 fully saturated rings. The summed E-state index contributed by atoms with van der Waals surface area (Å²) in [6, 6.07) is 15.3. The Labute approximate surface area is 119 Å². The molecular formula is C17H19NO2. The van der Waals surface area contributed by atoms with Crippen LogP contribution in [0.15, 0.2) is 48.5 Å². The number of para-hydroxylation sites is 1. The quantitative estimate of drug-likeness (QED) is 0.922. The maximum atomic E-state index is 12.3. The van der Waals surface area contributed by atoms with Gasteiger partial charge in [0, 0.05) is 0 Å². The highest BCUT2D eigenvalue weighted by molar-refractivity contribution is 5.97. The minimum absolute atomic E-state index is 0.0481. The van der Waals surface area contributed by atoms with Gasteiger partial charge in [0.05, 0.1) is 18.7 Å². The Morgan fingerprint density at radius 2 is 1.75 bits per heavy atom. The van der Waals surface area contributed by atoms with Gasteiger partial charge in [-0.2, -0.15) is 0 Å². The number of methoxy groups -OCH3 is 1. The summed E-state index contributed by atoms with van der Waals surface area (Å²) in [5.74, 6) is 0.455. The molecule has 2 aromatic rings. The Bertz CT molecular complexity index is 590. The number of ether oxygens (including phenoxy) is 1. The summed E-state index contributed by atoms with van der Waals surface area (Å²) >= 11 is 0. The fraction of sp³-hybridized carbons (Fsp3) is 0.235. The molecular weight excluding hydrogens is 250 g/mol.